The van der Waals surface area contributed by atoms with Crippen molar-refractivity contribution in [2.24, 2.45) is 0 Å². The molecule has 0 bridgehead atoms. The molecule has 1 amide bonds. The average molecular weight is 423 g/mol. The minimum atomic E-state index is -3.71. The van der Waals surface area contributed by atoms with Crippen LogP contribution in [0.2, 0.25) is 0 Å². The zero-order valence-electron chi connectivity index (χ0n) is 17.6. The lowest BCUT2D eigenvalue weighted by molar-refractivity contribution is 0.102. The van der Waals surface area contributed by atoms with Crippen molar-refractivity contribution >= 4 is 27.3 Å². The highest BCUT2D eigenvalue weighted by Crippen LogP contribution is 2.23. The van der Waals surface area contributed by atoms with E-state index in [2.05, 4.69) is 30.8 Å². The number of nitrogens with one attached hydrogen (secondary N) is 2. The van der Waals surface area contributed by atoms with Gasteiger partial charge in [-0.05, 0) is 72.0 Å². The van der Waals surface area contributed by atoms with Crippen LogP contribution in [0.4, 0.5) is 11.4 Å². The number of amides is 1. The van der Waals surface area contributed by atoms with Crippen LogP contribution in [0.5, 0.6) is 0 Å². The van der Waals surface area contributed by atoms with Gasteiger partial charge in [0.1, 0.15) is 0 Å². The summed E-state index contributed by atoms with van der Waals surface area (Å²) in [6.07, 6.45) is 0. The number of rotatable bonds is 5. The molecule has 0 spiro atoms. The second-order valence-electron chi connectivity index (χ2n) is 8.28. The molecule has 0 saturated heterocycles. The molecule has 30 heavy (non-hydrogen) atoms. The number of aryl methyl sites for hydroxylation is 1. The highest BCUT2D eigenvalue weighted by molar-refractivity contribution is 7.92. The lowest BCUT2D eigenvalue weighted by Gasteiger charge is -2.19. The van der Waals surface area contributed by atoms with Crippen molar-refractivity contribution in [1.29, 1.82) is 0 Å². The molecule has 5 nitrogen and oxygen atoms in total. The van der Waals surface area contributed by atoms with Gasteiger partial charge in [-0.2, -0.15) is 0 Å². The Bertz CT molecular complexity index is 1140. The Morgan fingerprint density at radius 2 is 1.47 bits per heavy atom. The fourth-order valence-electron chi connectivity index (χ4n) is 2.96. The van der Waals surface area contributed by atoms with E-state index < -0.39 is 10.0 Å². The molecule has 0 heterocycles. The van der Waals surface area contributed by atoms with Gasteiger partial charge in [0.2, 0.25) is 0 Å². The van der Waals surface area contributed by atoms with Crippen molar-refractivity contribution in [3.63, 3.8) is 0 Å². The highest BCUT2D eigenvalue weighted by atomic mass is 32.2. The van der Waals surface area contributed by atoms with E-state index in [1.54, 1.807) is 42.5 Å². The first kappa shape index (κ1) is 21.6. The molecular formula is C24H26N2O3S. The molecule has 0 unspecified atom stereocenters. The number of anilines is 2. The van der Waals surface area contributed by atoms with E-state index in [1.807, 2.05) is 25.1 Å². The second kappa shape index (κ2) is 8.32. The van der Waals surface area contributed by atoms with E-state index in [9.17, 15) is 13.2 Å². The molecule has 6 heteroatoms. The highest BCUT2D eigenvalue weighted by Gasteiger charge is 2.16. The van der Waals surface area contributed by atoms with E-state index in [0.717, 1.165) is 11.1 Å². The SMILES string of the molecule is Cc1cccc(NS(=O)(=O)c2ccc(NC(=O)c3ccc(C(C)(C)C)cc3)cc2)c1. The molecule has 3 aromatic carbocycles. The topological polar surface area (TPSA) is 75.3 Å². The van der Waals surface area contributed by atoms with Gasteiger partial charge < -0.3 is 5.32 Å². The third-order valence-corrected chi connectivity index (χ3v) is 6.10. The Hall–Kier alpha value is -3.12. The zero-order chi connectivity index (χ0) is 21.9. The van der Waals surface area contributed by atoms with Crippen LogP contribution in [0.1, 0.15) is 42.3 Å². The standard InChI is InChI=1S/C24H26N2O3S/c1-17-6-5-7-21(16-17)26-30(28,29)22-14-12-20(13-15-22)25-23(27)18-8-10-19(11-9-18)24(2,3)4/h5-16,26H,1-4H3,(H,25,27). The lowest BCUT2D eigenvalue weighted by atomic mass is 9.87. The van der Waals surface area contributed by atoms with Gasteiger partial charge in [-0.1, -0.05) is 45.0 Å². The lowest BCUT2D eigenvalue weighted by Crippen LogP contribution is -2.15. The fourth-order valence-corrected chi connectivity index (χ4v) is 4.01. The van der Waals surface area contributed by atoms with Gasteiger partial charge >= 0.3 is 0 Å². The van der Waals surface area contributed by atoms with Gasteiger partial charge in [0, 0.05) is 16.9 Å². The molecule has 156 valence electrons. The normalized spacial score (nSPS) is 11.7. The summed E-state index contributed by atoms with van der Waals surface area (Å²) in [6, 6.07) is 20.7. The summed E-state index contributed by atoms with van der Waals surface area (Å²) in [5.41, 5.74) is 3.70. The Balaban J connectivity index is 1.70. The number of hydrogen-bond acceptors (Lipinski definition) is 3. The van der Waals surface area contributed by atoms with Crippen LogP contribution >= 0.6 is 0 Å². The van der Waals surface area contributed by atoms with E-state index >= 15 is 0 Å². The van der Waals surface area contributed by atoms with Gasteiger partial charge in [0.25, 0.3) is 15.9 Å². The molecule has 0 aliphatic rings. The molecular weight excluding hydrogens is 396 g/mol. The van der Waals surface area contributed by atoms with E-state index in [0.29, 0.717) is 16.9 Å². The summed E-state index contributed by atoms with van der Waals surface area (Å²) in [4.78, 5) is 12.6. The van der Waals surface area contributed by atoms with Gasteiger partial charge in [-0.3, -0.25) is 9.52 Å². The number of carbonyl (C=O) groups is 1. The third-order valence-electron chi connectivity index (χ3n) is 4.71. The molecule has 2 N–H and O–H groups in total. The first-order chi connectivity index (χ1) is 14.0. The summed E-state index contributed by atoms with van der Waals surface area (Å²) in [5.74, 6) is -0.246. The van der Waals surface area contributed by atoms with Crippen LogP contribution in [0, 0.1) is 6.92 Å². The maximum absolute atomic E-state index is 12.6. The van der Waals surface area contributed by atoms with Crippen molar-refractivity contribution < 1.29 is 13.2 Å². The number of benzene rings is 3. The smallest absolute Gasteiger partial charge is 0.261 e. The largest absolute Gasteiger partial charge is 0.322 e. The van der Waals surface area contributed by atoms with Crippen LogP contribution in [0.15, 0.2) is 77.7 Å². The van der Waals surface area contributed by atoms with Crippen LogP contribution in [0.3, 0.4) is 0 Å². The fraction of sp³-hybridized carbons (Fsp3) is 0.208. The maximum Gasteiger partial charge on any atom is 0.261 e. The van der Waals surface area contributed by atoms with Gasteiger partial charge in [0.05, 0.1) is 4.90 Å². The van der Waals surface area contributed by atoms with E-state index in [-0.39, 0.29) is 16.2 Å². The Morgan fingerprint density at radius 1 is 0.833 bits per heavy atom. The molecule has 3 aromatic rings. The molecule has 0 atom stereocenters. The minimum absolute atomic E-state index is 0.0167. The summed E-state index contributed by atoms with van der Waals surface area (Å²) in [5, 5.41) is 2.80. The maximum atomic E-state index is 12.6. The predicted octanol–water partition coefficient (Wildman–Crippen LogP) is 5.35. The van der Waals surface area contributed by atoms with Crippen LogP contribution < -0.4 is 10.0 Å². The monoisotopic (exact) mass is 422 g/mol. The molecule has 0 aliphatic heterocycles. The minimum Gasteiger partial charge on any atom is -0.322 e. The van der Waals surface area contributed by atoms with Crippen molar-refractivity contribution in [3.8, 4) is 0 Å². The average Bonchev–Trinajstić information content (AvgIpc) is 2.67. The quantitative estimate of drug-likeness (QED) is 0.582. The summed E-state index contributed by atoms with van der Waals surface area (Å²) in [6.45, 7) is 8.24. The Kier molecular flexibility index (Phi) is 5.99. The van der Waals surface area contributed by atoms with Gasteiger partial charge in [-0.15, -0.1) is 0 Å². The molecule has 0 radical (unpaired) electrons. The van der Waals surface area contributed by atoms with Crippen LogP contribution in [-0.2, 0) is 15.4 Å². The van der Waals surface area contributed by atoms with E-state index in [1.165, 1.54) is 12.1 Å². The predicted molar refractivity (Wildman–Crippen MR) is 122 cm³/mol. The molecule has 0 saturated carbocycles. The molecule has 0 aromatic heterocycles. The van der Waals surface area contributed by atoms with Crippen molar-refractivity contribution in [2.45, 2.75) is 38.0 Å². The van der Waals surface area contributed by atoms with Gasteiger partial charge in [-0.25, -0.2) is 8.42 Å². The van der Waals surface area contributed by atoms with E-state index in [4.69, 9.17) is 0 Å². The molecule has 0 fully saturated rings. The Morgan fingerprint density at radius 3 is 2.03 bits per heavy atom. The zero-order valence-corrected chi connectivity index (χ0v) is 18.4. The van der Waals surface area contributed by atoms with Crippen molar-refractivity contribution in [3.05, 3.63) is 89.5 Å². The summed E-state index contributed by atoms with van der Waals surface area (Å²) < 4.78 is 27.7. The number of sulfonamides is 1. The Labute approximate surface area is 178 Å². The molecule has 3 rings (SSSR count). The van der Waals surface area contributed by atoms with Crippen LogP contribution in [0.25, 0.3) is 0 Å². The first-order valence-electron chi connectivity index (χ1n) is 9.66. The van der Waals surface area contributed by atoms with Crippen molar-refractivity contribution in [2.75, 3.05) is 10.0 Å². The van der Waals surface area contributed by atoms with Gasteiger partial charge in [0.15, 0.2) is 0 Å². The van der Waals surface area contributed by atoms with Crippen LogP contribution in [-0.4, -0.2) is 14.3 Å². The summed E-state index contributed by atoms with van der Waals surface area (Å²) >= 11 is 0. The third kappa shape index (κ3) is 5.27. The number of carbonyl (C=O) groups excluding carboxylic acids is 1. The number of hydrogen-bond donors (Lipinski definition) is 2. The summed E-state index contributed by atoms with van der Waals surface area (Å²) in [7, 11) is -3.71. The molecule has 0 aliphatic carbocycles. The second-order valence-corrected chi connectivity index (χ2v) is 9.96. The van der Waals surface area contributed by atoms with Crippen molar-refractivity contribution in [1.82, 2.24) is 0 Å². The first-order valence-corrected chi connectivity index (χ1v) is 11.1.